The number of rotatable bonds is 8. The Morgan fingerprint density at radius 1 is 1.07 bits per heavy atom. The molecule has 0 radical (unpaired) electrons. The predicted molar refractivity (Wildman–Crippen MR) is 105 cm³/mol. The van der Waals surface area contributed by atoms with Gasteiger partial charge in [-0.2, -0.15) is 0 Å². The summed E-state index contributed by atoms with van der Waals surface area (Å²) >= 11 is 0. The molecule has 0 aliphatic carbocycles. The van der Waals surface area contributed by atoms with Gasteiger partial charge >= 0.3 is 5.97 Å². The molecule has 1 N–H and O–H groups in total. The van der Waals surface area contributed by atoms with Crippen molar-refractivity contribution in [1.82, 2.24) is 0 Å². The molecule has 0 aliphatic rings. The van der Waals surface area contributed by atoms with Crippen molar-refractivity contribution in [2.45, 2.75) is 20.0 Å². The highest BCUT2D eigenvalue weighted by Crippen LogP contribution is 2.33. The van der Waals surface area contributed by atoms with Crippen molar-refractivity contribution < 1.29 is 33.4 Å². The molecule has 152 valence electrons. The highest BCUT2D eigenvalue weighted by molar-refractivity contribution is 6.04. The van der Waals surface area contributed by atoms with Crippen LogP contribution in [0.3, 0.4) is 0 Å². The first-order valence-corrected chi connectivity index (χ1v) is 8.65. The van der Waals surface area contributed by atoms with Crippen LogP contribution >= 0.6 is 0 Å². The number of esters is 1. The maximum Gasteiger partial charge on any atom is 0.343 e. The van der Waals surface area contributed by atoms with E-state index in [1.54, 1.807) is 18.2 Å². The molecule has 8 nitrogen and oxygen atoms in total. The lowest BCUT2D eigenvalue weighted by Gasteiger charge is -2.17. The van der Waals surface area contributed by atoms with Crippen LogP contribution in [0.5, 0.6) is 11.5 Å². The fourth-order valence-electron chi connectivity index (χ4n) is 2.58. The highest BCUT2D eigenvalue weighted by atomic mass is 16.6. The van der Waals surface area contributed by atoms with E-state index >= 15 is 0 Å². The van der Waals surface area contributed by atoms with Gasteiger partial charge in [-0.25, -0.2) is 4.79 Å². The number of methoxy groups -OCH3 is 2. The van der Waals surface area contributed by atoms with E-state index < -0.39 is 18.0 Å². The van der Waals surface area contributed by atoms with Crippen molar-refractivity contribution in [3.05, 3.63) is 53.1 Å². The highest BCUT2D eigenvalue weighted by Gasteiger charge is 2.26. The Kier molecular flexibility index (Phi) is 7.08. The Morgan fingerprint density at radius 2 is 1.79 bits per heavy atom. The van der Waals surface area contributed by atoms with Gasteiger partial charge < -0.3 is 19.5 Å². The van der Waals surface area contributed by atoms with Crippen LogP contribution in [0.15, 0.2) is 36.4 Å². The minimum atomic E-state index is -1.18. The van der Waals surface area contributed by atoms with Gasteiger partial charge in [0, 0.05) is 16.8 Å². The van der Waals surface area contributed by atoms with Crippen molar-refractivity contribution in [3.8, 4) is 11.5 Å². The second-order valence-corrected chi connectivity index (χ2v) is 6.06. The first-order chi connectivity index (χ1) is 13.8. The van der Waals surface area contributed by atoms with Crippen molar-refractivity contribution in [3.63, 3.8) is 0 Å². The summed E-state index contributed by atoms with van der Waals surface area (Å²) < 4.78 is 15.5. The third-order valence-electron chi connectivity index (χ3n) is 4.10. The number of ketones is 1. The molecule has 29 heavy (non-hydrogen) atoms. The Bertz CT molecular complexity index is 952. The summed E-state index contributed by atoms with van der Waals surface area (Å²) in [7, 11) is 2.71. The van der Waals surface area contributed by atoms with Crippen LogP contribution in [0.25, 0.3) is 0 Å². The van der Waals surface area contributed by atoms with Crippen LogP contribution in [-0.4, -0.2) is 44.3 Å². The van der Waals surface area contributed by atoms with Crippen LogP contribution in [0.4, 0.5) is 5.69 Å². The van der Waals surface area contributed by atoms with Gasteiger partial charge in [0.1, 0.15) is 5.56 Å². The first-order valence-electron chi connectivity index (χ1n) is 8.65. The summed E-state index contributed by atoms with van der Waals surface area (Å²) in [6.07, 6.45) is -0.699. The molecule has 0 fully saturated rings. The van der Waals surface area contributed by atoms with Gasteiger partial charge in [0.2, 0.25) is 0 Å². The smallest absolute Gasteiger partial charge is 0.343 e. The van der Waals surface area contributed by atoms with E-state index in [1.807, 2.05) is 0 Å². The molecular weight excluding hydrogens is 378 g/mol. The van der Waals surface area contributed by atoms with E-state index in [0.717, 1.165) is 0 Å². The number of Topliss-reactive ketones (excluding diaryl/α,β-unsaturated/α-hetero) is 1. The fourth-order valence-corrected chi connectivity index (χ4v) is 2.58. The number of anilines is 1. The molecule has 0 saturated heterocycles. The lowest BCUT2D eigenvalue weighted by molar-refractivity contribution is -0.123. The Balaban J connectivity index is 2.20. The Labute approximate surface area is 167 Å². The molecule has 2 aromatic carbocycles. The average Bonchev–Trinajstić information content (AvgIpc) is 2.72. The SMILES string of the molecule is COc1ccc(C=O)c(C(=O)O[C@H](C)C(=O)Nc2cccc(C(C)=O)c2)c1OC. The standard InChI is InChI=1S/C21H21NO7/c1-12(24)14-6-5-7-16(10-14)22-20(25)13(2)29-21(26)18-15(11-23)8-9-17(27-3)19(18)28-4/h5-11,13H,1-4H3,(H,22,25)/t13-/m1/s1. The molecule has 8 heteroatoms. The minimum absolute atomic E-state index is 0.0314. The van der Waals surface area contributed by atoms with Gasteiger partial charge in [0.15, 0.2) is 29.7 Å². The van der Waals surface area contributed by atoms with Gasteiger partial charge in [-0.15, -0.1) is 0 Å². The van der Waals surface area contributed by atoms with Crippen LogP contribution in [0, 0.1) is 0 Å². The zero-order valence-electron chi connectivity index (χ0n) is 16.5. The van der Waals surface area contributed by atoms with Gasteiger partial charge in [-0.1, -0.05) is 12.1 Å². The second-order valence-electron chi connectivity index (χ2n) is 6.06. The normalized spacial score (nSPS) is 11.2. The van der Waals surface area contributed by atoms with E-state index in [1.165, 1.54) is 46.3 Å². The Morgan fingerprint density at radius 3 is 2.38 bits per heavy atom. The zero-order chi connectivity index (χ0) is 21.6. The molecule has 0 heterocycles. The van der Waals surface area contributed by atoms with Gasteiger partial charge in [0.05, 0.1) is 14.2 Å². The fraction of sp³-hybridized carbons (Fsp3) is 0.238. The molecule has 0 unspecified atom stereocenters. The molecule has 2 rings (SSSR count). The maximum atomic E-state index is 12.6. The molecule has 0 aliphatic heterocycles. The van der Waals surface area contributed by atoms with Crippen molar-refractivity contribution in [2.75, 3.05) is 19.5 Å². The van der Waals surface area contributed by atoms with Gasteiger partial charge in [-0.05, 0) is 38.1 Å². The summed E-state index contributed by atoms with van der Waals surface area (Å²) in [6.45, 7) is 2.80. The largest absolute Gasteiger partial charge is 0.493 e. The second kappa shape index (κ2) is 9.50. The topological polar surface area (TPSA) is 108 Å². The number of nitrogens with one attached hydrogen (secondary N) is 1. The van der Waals surface area contributed by atoms with Gasteiger partial charge in [-0.3, -0.25) is 14.4 Å². The molecule has 1 atom stereocenters. The maximum absolute atomic E-state index is 12.6. The average molecular weight is 399 g/mol. The lowest BCUT2D eigenvalue weighted by atomic mass is 10.1. The summed E-state index contributed by atoms with van der Waals surface area (Å²) in [6, 6.07) is 9.25. The number of ether oxygens (including phenoxy) is 3. The molecule has 0 spiro atoms. The third kappa shape index (κ3) is 4.98. The molecule has 0 aromatic heterocycles. The zero-order valence-corrected chi connectivity index (χ0v) is 16.5. The van der Waals surface area contributed by atoms with Crippen LogP contribution in [-0.2, 0) is 9.53 Å². The number of hydrogen-bond donors (Lipinski definition) is 1. The van der Waals surface area contributed by atoms with Crippen molar-refractivity contribution in [1.29, 1.82) is 0 Å². The number of hydrogen-bond acceptors (Lipinski definition) is 7. The quantitative estimate of drug-likeness (QED) is 0.413. The third-order valence-corrected chi connectivity index (χ3v) is 4.10. The van der Waals surface area contributed by atoms with E-state index in [-0.39, 0.29) is 28.4 Å². The van der Waals surface area contributed by atoms with E-state index in [2.05, 4.69) is 5.32 Å². The summed E-state index contributed by atoms with van der Waals surface area (Å²) in [5, 5.41) is 2.58. The first kappa shape index (κ1) is 21.6. The number of carbonyl (C=O) groups excluding carboxylic acids is 4. The van der Waals surface area contributed by atoms with E-state index in [4.69, 9.17) is 14.2 Å². The number of amides is 1. The molecule has 2 aromatic rings. The van der Waals surface area contributed by atoms with Crippen molar-refractivity contribution >= 4 is 29.6 Å². The van der Waals surface area contributed by atoms with Crippen LogP contribution < -0.4 is 14.8 Å². The van der Waals surface area contributed by atoms with Crippen LogP contribution in [0.2, 0.25) is 0 Å². The minimum Gasteiger partial charge on any atom is -0.493 e. The molecular formula is C21H21NO7. The summed E-state index contributed by atoms with van der Waals surface area (Å²) in [5.74, 6) is -1.39. The summed E-state index contributed by atoms with van der Waals surface area (Å²) in [5.41, 5.74) is 0.719. The monoisotopic (exact) mass is 399 g/mol. The lowest BCUT2D eigenvalue weighted by Crippen LogP contribution is -2.30. The molecule has 1 amide bonds. The van der Waals surface area contributed by atoms with E-state index in [0.29, 0.717) is 17.5 Å². The van der Waals surface area contributed by atoms with Crippen molar-refractivity contribution in [2.24, 2.45) is 0 Å². The molecule has 0 bridgehead atoms. The summed E-state index contributed by atoms with van der Waals surface area (Å²) in [4.78, 5) is 47.8. The van der Waals surface area contributed by atoms with E-state index in [9.17, 15) is 19.2 Å². The van der Waals surface area contributed by atoms with Crippen LogP contribution in [0.1, 0.15) is 44.9 Å². The number of carbonyl (C=O) groups is 4. The Hall–Kier alpha value is -3.68. The number of aldehydes is 1. The predicted octanol–water partition coefficient (Wildman–Crippen LogP) is 2.90. The number of benzene rings is 2. The molecule has 0 saturated carbocycles. The van der Waals surface area contributed by atoms with Gasteiger partial charge in [0.25, 0.3) is 5.91 Å².